The lowest BCUT2D eigenvalue weighted by Gasteiger charge is -2.27. The maximum atomic E-state index is 13.1. The SMILES string of the molecule is CCOC(=O)C(C)(C)Oc1ccc(Cl)cc1P(=O)(OCC)OCC. The monoisotopic (exact) mass is 378 g/mol. The highest BCUT2D eigenvalue weighted by molar-refractivity contribution is 7.62. The van der Waals surface area contributed by atoms with Crippen LogP contribution in [0, 0.1) is 0 Å². The Balaban J connectivity index is 3.30. The van der Waals surface area contributed by atoms with E-state index in [1.54, 1.807) is 40.7 Å². The standard InChI is InChI=1S/C16H24ClO6P/c1-6-20-15(18)16(4,5)23-13-10-9-12(17)11-14(13)24(19,21-7-2)22-8-3/h9-11H,6-8H2,1-5H3. The lowest BCUT2D eigenvalue weighted by Crippen LogP contribution is -2.40. The van der Waals surface area contributed by atoms with Crippen LogP contribution in [0.2, 0.25) is 5.02 Å². The molecule has 0 aromatic heterocycles. The summed E-state index contributed by atoms with van der Waals surface area (Å²) >= 11 is 6.03. The van der Waals surface area contributed by atoms with E-state index in [1.807, 2.05) is 0 Å². The normalized spacial score (nSPS) is 12.1. The topological polar surface area (TPSA) is 71.1 Å². The fourth-order valence-electron chi connectivity index (χ4n) is 1.93. The molecule has 1 rings (SSSR count). The summed E-state index contributed by atoms with van der Waals surface area (Å²) in [6.45, 7) is 8.86. The van der Waals surface area contributed by atoms with E-state index >= 15 is 0 Å². The number of esters is 1. The third-order valence-corrected chi connectivity index (χ3v) is 5.32. The van der Waals surface area contributed by atoms with Crippen LogP contribution in [0.15, 0.2) is 18.2 Å². The highest BCUT2D eigenvalue weighted by Gasteiger charge is 2.36. The first-order valence-electron chi connectivity index (χ1n) is 7.75. The van der Waals surface area contributed by atoms with Crippen molar-refractivity contribution in [2.24, 2.45) is 0 Å². The first-order valence-corrected chi connectivity index (χ1v) is 9.67. The van der Waals surface area contributed by atoms with Gasteiger partial charge in [-0.1, -0.05) is 11.6 Å². The van der Waals surface area contributed by atoms with E-state index in [2.05, 4.69) is 0 Å². The molecule has 0 fully saturated rings. The van der Waals surface area contributed by atoms with Gasteiger partial charge < -0.3 is 18.5 Å². The van der Waals surface area contributed by atoms with E-state index in [9.17, 15) is 9.36 Å². The van der Waals surface area contributed by atoms with Gasteiger partial charge in [-0.3, -0.25) is 4.57 Å². The maximum Gasteiger partial charge on any atom is 0.365 e. The zero-order valence-corrected chi connectivity index (χ0v) is 16.3. The third kappa shape index (κ3) is 5.21. The van der Waals surface area contributed by atoms with Gasteiger partial charge in [-0.25, -0.2) is 4.79 Å². The summed E-state index contributed by atoms with van der Waals surface area (Å²) in [4.78, 5) is 12.0. The molecular formula is C16H24ClO6P. The molecule has 0 heterocycles. The Kier molecular flexibility index (Phi) is 7.74. The van der Waals surface area contributed by atoms with Crippen molar-refractivity contribution in [3.63, 3.8) is 0 Å². The van der Waals surface area contributed by atoms with E-state index in [0.29, 0.717) is 5.02 Å². The van der Waals surface area contributed by atoms with Crippen LogP contribution in [0.5, 0.6) is 5.75 Å². The van der Waals surface area contributed by atoms with Crippen LogP contribution in [0.4, 0.5) is 0 Å². The second kappa shape index (κ2) is 8.86. The Hall–Kier alpha value is -1.07. The summed E-state index contributed by atoms with van der Waals surface area (Å²) < 4.78 is 34.6. The maximum absolute atomic E-state index is 13.1. The van der Waals surface area contributed by atoms with Crippen LogP contribution in [-0.2, 0) is 23.1 Å². The summed E-state index contributed by atoms with van der Waals surface area (Å²) in [6, 6.07) is 4.57. The molecule has 0 amide bonds. The van der Waals surface area contributed by atoms with Gasteiger partial charge in [0.25, 0.3) is 0 Å². The lowest BCUT2D eigenvalue weighted by atomic mass is 10.1. The number of rotatable bonds is 9. The molecule has 1 aromatic carbocycles. The summed E-state index contributed by atoms with van der Waals surface area (Å²) in [6.07, 6.45) is 0. The minimum absolute atomic E-state index is 0.177. The Morgan fingerprint density at radius 2 is 1.71 bits per heavy atom. The molecule has 0 aliphatic heterocycles. The quantitative estimate of drug-likeness (QED) is 0.478. The third-order valence-electron chi connectivity index (χ3n) is 2.95. The number of hydrogen-bond donors (Lipinski definition) is 0. The van der Waals surface area contributed by atoms with E-state index in [-0.39, 0.29) is 30.9 Å². The molecule has 0 bridgehead atoms. The zero-order valence-electron chi connectivity index (χ0n) is 14.6. The van der Waals surface area contributed by atoms with Crippen molar-refractivity contribution in [2.45, 2.75) is 40.2 Å². The molecule has 136 valence electrons. The summed E-state index contributed by atoms with van der Waals surface area (Å²) in [5.74, 6) is -0.337. The van der Waals surface area contributed by atoms with Crippen molar-refractivity contribution in [1.29, 1.82) is 0 Å². The second-order valence-corrected chi connectivity index (χ2v) is 7.71. The van der Waals surface area contributed by atoms with Crippen molar-refractivity contribution < 1.29 is 27.9 Å². The molecule has 0 saturated carbocycles. The predicted octanol–water partition coefficient (Wildman–Crippen LogP) is 3.95. The molecule has 0 saturated heterocycles. The molecular weight excluding hydrogens is 355 g/mol. The van der Waals surface area contributed by atoms with Gasteiger partial charge in [0.1, 0.15) is 11.1 Å². The minimum atomic E-state index is -3.63. The lowest BCUT2D eigenvalue weighted by molar-refractivity contribution is -0.158. The molecule has 24 heavy (non-hydrogen) atoms. The van der Waals surface area contributed by atoms with Crippen LogP contribution in [0.3, 0.4) is 0 Å². The Labute approximate surface area is 147 Å². The summed E-state index contributed by atoms with van der Waals surface area (Å²) in [7, 11) is -3.63. The van der Waals surface area contributed by atoms with E-state index in [4.69, 9.17) is 30.1 Å². The van der Waals surface area contributed by atoms with Gasteiger partial charge in [0.05, 0.1) is 19.8 Å². The first kappa shape index (κ1) is 21.0. The Morgan fingerprint density at radius 1 is 1.12 bits per heavy atom. The second-order valence-electron chi connectivity index (χ2n) is 5.28. The van der Waals surface area contributed by atoms with Gasteiger partial charge in [0.2, 0.25) is 0 Å². The van der Waals surface area contributed by atoms with Gasteiger partial charge in [0, 0.05) is 5.02 Å². The molecule has 1 aromatic rings. The molecule has 0 atom stereocenters. The van der Waals surface area contributed by atoms with Crippen LogP contribution in [0.1, 0.15) is 34.6 Å². The van der Waals surface area contributed by atoms with Crippen LogP contribution in [0.25, 0.3) is 0 Å². The van der Waals surface area contributed by atoms with Crippen LogP contribution >= 0.6 is 19.2 Å². The average molecular weight is 379 g/mol. The van der Waals surface area contributed by atoms with Gasteiger partial charge in [-0.2, -0.15) is 0 Å². The minimum Gasteiger partial charge on any atom is -0.475 e. The van der Waals surface area contributed by atoms with Crippen LogP contribution < -0.4 is 10.0 Å². The van der Waals surface area contributed by atoms with Crippen LogP contribution in [-0.4, -0.2) is 31.4 Å². The molecule has 0 aliphatic carbocycles. The fourth-order valence-corrected chi connectivity index (χ4v) is 3.90. The number of carbonyl (C=O) groups excluding carboxylic acids is 1. The molecule has 0 unspecified atom stereocenters. The number of ether oxygens (including phenoxy) is 2. The van der Waals surface area contributed by atoms with E-state index < -0.39 is 19.2 Å². The number of halogens is 1. The van der Waals surface area contributed by atoms with Gasteiger partial charge in [-0.15, -0.1) is 0 Å². The van der Waals surface area contributed by atoms with Gasteiger partial charge >= 0.3 is 13.6 Å². The molecule has 0 aliphatic rings. The predicted molar refractivity (Wildman–Crippen MR) is 93.3 cm³/mol. The molecule has 6 nitrogen and oxygen atoms in total. The van der Waals surface area contributed by atoms with Crippen molar-refractivity contribution in [3.8, 4) is 5.75 Å². The van der Waals surface area contributed by atoms with Crippen molar-refractivity contribution in [1.82, 2.24) is 0 Å². The molecule has 8 heteroatoms. The van der Waals surface area contributed by atoms with Crippen molar-refractivity contribution >= 4 is 30.5 Å². The smallest absolute Gasteiger partial charge is 0.365 e. The van der Waals surface area contributed by atoms with E-state index in [0.717, 1.165) is 0 Å². The first-order chi connectivity index (χ1) is 11.2. The van der Waals surface area contributed by atoms with Crippen molar-refractivity contribution in [3.05, 3.63) is 23.2 Å². The average Bonchev–Trinajstić information content (AvgIpc) is 2.49. The number of carbonyl (C=O) groups is 1. The Bertz CT molecular complexity index is 607. The van der Waals surface area contributed by atoms with Gasteiger partial charge in [0.15, 0.2) is 5.60 Å². The van der Waals surface area contributed by atoms with Gasteiger partial charge in [-0.05, 0) is 52.8 Å². The Morgan fingerprint density at radius 3 is 2.21 bits per heavy atom. The highest BCUT2D eigenvalue weighted by Crippen LogP contribution is 2.50. The molecule has 0 N–H and O–H groups in total. The summed E-state index contributed by atoms with van der Waals surface area (Å²) in [5, 5.41) is 0.530. The van der Waals surface area contributed by atoms with E-state index in [1.165, 1.54) is 12.1 Å². The fraction of sp³-hybridized carbons (Fsp3) is 0.562. The molecule has 0 radical (unpaired) electrons. The number of hydrogen-bond acceptors (Lipinski definition) is 6. The van der Waals surface area contributed by atoms with Crippen molar-refractivity contribution in [2.75, 3.05) is 19.8 Å². The zero-order chi connectivity index (χ0) is 18.4. The highest BCUT2D eigenvalue weighted by atomic mass is 35.5. The summed E-state index contributed by atoms with van der Waals surface area (Å²) in [5.41, 5.74) is -1.28. The number of benzene rings is 1. The largest absolute Gasteiger partial charge is 0.475 e. The molecule has 0 spiro atoms.